The van der Waals surface area contributed by atoms with Gasteiger partial charge in [0.15, 0.2) is 0 Å². The molecule has 0 aliphatic carbocycles. The van der Waals surface area contributed by atoms with E-state index < -0.39 is 10.0 Å². The second-order valence-corrected chi connectivity index (χ2v) is 8.15. The average Bonchev–Trinajstić information content (AvgIpc) is 2.38. The van der Waals surface area contributed by atoms with E-state index in [9.17, 15) is 13.2 Å². The van der Waals surface area contributed by atoms with Crippen molar-refractivity contribution >= 4 is 38.5 Å². The molecule has 1 N–H and O–H groups in total. The highest BCUT2D eigenvalue weighted by Gasteiger charge is 2.25. The topological polar surface area (TPSA) is 66.5 Å². The summed E-state index contributed by atoms with van der Waals surface area (Å²) in [5.41, 5.74) is 0.641. The van der Waals surface area contributed by atoms with Gasteiger partial charge in [-0.05, 0) is 53.6 Å². The zero-order valence-corrected chi connectivity index (χ0v) is 14.1. The SMILES string of the molecule is CS(=O)(=O)N1CCC(NC(=O)c2cccc(I)c2)CC1. The molecule has 1 aliphatic heterocycles. The summed E-state index contributed by atoms with van der Waals surface area (Å²) in [7, 11) is -3.12. The second kappa shape index (κ2) is 6.40. The molecule has 0 spiro atoms. The molecule has 0 radical (unpaired) electrons. The molecule has 1 aromatic carbocycles. The first-order valence-electron chi connectivity index (χ1n) is 6.38. The number of hydrogen-bond donors (Lipinski definition) is 1. The maximum absolute atomic E-state index is 12.1. The van der Waals surface area contributed by atoms with Gasteiger partial charge < -0.3 is 5.32 Å². The molecule has 1 saturated heterocycles. The Hall–Kier alpha value is -0.670. The standard InChI is InChI=1S/C13H17IN2O3S/c1-20(18,19)16-7-5-12(6-8-16)15-13(17)10-3-2-4-11(14)9-10/h2-4,9,12H,5-8H2,1H3,(H,15,17). The van der Waals surface area contributed by atoms with Gasteiger partial charge in [0.1, 0.15) is 0 Å². The zero-order chi connectivity index (χ0) is 14.8. The number of sulfonamides is 1. The lowest BCUT2D eigenvalue weighted by molar-refractivity contribution is 0.0924. The van der Waals surface area contributed by atoms with Crippen molar-refractivity contribution in [3.8, 4) is 0 Å². The monoisotopic (exact) mass is 408 g/mol. The molecule has 1 fully saturated rings. The summed E-state index contributed by atoms with van der Waals surface area (Å²) in [6.45, 7) is 0.937. The summed E-state index contributed by atoms with van der Waals surface area (Å²) in [5, 5.41) is 2.97. The lowest BCUT2D eigenvalue weighted by atomic mass is 10.1. The molecule has 1 aliphatic rings. The van der Waals surface area contributed by atoms with Crippen molar-refractivity contribution in [3.05, 3.63) is 33.4 Å². The predicted molar refractivity (Wildman–Crippen MR) is 86.1 cm³/mol. The summed E-state index contributed by atoms with van der Waals surface area (Å²) in [5.74, 6) is -0.0960. The largest absolute Gasteiger partial charge is 0.349 e. The van der Waals surface area contributed by atoms with Crippen LogP contribution in [0, 0.1) is 3.57 Å². The van der Waals surface area contributed by atoms with Crippen LogP contribution in [0.2, 0.25) is 0 Å². The molecule has 20 heavy (non-hydrogen) atoms. The first kappa shape index (κ1) is 15.7. The van der Waals surface area contributed by atoms with E-state index in [4.69, 9.17) is 0 Å². The van der Waals surface area contributed by atoms with Crippen molar-refractivity contribution in [1.82, 2.24) is 9.62 Å². The fourth-order valence-electron chi connectivity index (χ4n) is 2.23. The number of nitrogens with one attached hydrogen (secondary N) is 1. The molecular weight excluding hydrogens is 391 g/mol. The van der Waals surface area contributed by atoms with Gasteiger partial charge in [0.05, 0.1) is 6.26 Å². The number of halogens is 1. The molecule has 0 saturated carbocycles. The van der Waals surface area contributed by atoms with Gasteiger partial charge in [-0.2, -0.15) is 0 Å². The van der Waals surface area contributed by atoms with Crippen LogP contribution < -0.4 is 5.32 Å². The third-order valence-corrected chi connectivity index (χ3v) is 5.32. The van der Waals surface area contributed by atoms with Gasteiger partial charge in [-0.15, -0.1) is 0 Å². The molecule has 0 bridgehead atoms. The van der Waals surface area contributed by atoms with E-state index in [0.717, 1.165) is 3.57 Å². The molecule has 5 nitrogen and oxygen atoms in total. The van der Waals surface area contributed by atoms with Gasteiger partial charge in [0.2, 0.25) is 10.0 Å². The molecule has 0 atom stereocenters. The van der Waals surface area contributed by atoms with Crippen LogP contribution in [0.3, 0.4) is 0 Å². The van der Waals surface area contributed by atoms with Crippen molar-refractivity contribution in [2.24, 2.45) is 0 Å². The molecule has 1 aromatic rings. The Morgan fingerprint density at radius 3 is 2.55 bits per heavy atom. The summed E-state index contributed by atoms with van der Waals surface area (Å²) < 4.78 is 25.3. The van der Waals surface area contributed by atoms with E-state index in [0.29, 0.717) is 31.5 Å². The van der Waals surface area contributed by atoms with Crippen LogP contribution in [-0.4, -0.2) is 44.0 Å². The Morgan fingerprint density at radius 2 is 2.00 bits per heavy atom. The van der Waals surface area contributed by atoms with E-state index in [-0.39, 0.29) is 11.9 Å². The molecule has 1 amide bonds. The third kappa shape index (κ3) is 4.16. The highest BCUT2D eigenvalue weighted by atomic mass is 127. The molecule has 2 rings (SSSR count). The van der Waals surface area contributed by atoms with Gasteiger partial charge in [0, 0.05) is 28.3 Å². The Bertz CT molecular complexity index is 595. The number of nitrogens with zero attached hydrogens (tertiary/aromatic N) is 1. The lowest BCUT2D eigenvalue weighted by Gasteiger charge is -2.30. The van der Waals surface area contributed by atoms with Crippen LogP contribution in [0.25, 0.3) is 0 Å². The van der Waals surface area contributed by atoms with E-state index in [1.165, 1.54) is 10.6 Å². The van der Waals surface area contributed by atoms with Crippen molar-refractivity contribution in [1.29, 1.82) is 0 Å². The van der Waals surface area contributed by atoms with Gasteiger partial charge in [-0.25, -0.2) is 12.7 Å². The van der Waals surface area contributed by atoms with Crippen LogP contribution in [0.1, 0.15) is 23.2 Å². The first-order valence-corrected chi connectivity index (χ1v) is 9.30. The average molecular weight is 408 g/mol. The van der Waals surface area contributed by atoms with E-state index in [1.807, 2.05) is 18.2 Å². The number of hydrogen-bond acceptors (Lipinski definition) is 3. The maximum atomic E-state index is 12.1. The molecule has 1 heterocycles. The zero-order valence-electron chi connectivity index (χ0n) is 11.2. The summed E-state index contributed by atoms with van der Waals surface area (Å²) in [4.78, 5) is 12.1. The minimum atomic E-state index is -3.12. The van der Waals surface area contributed by atoms with E-state index in [1.54, 1.807) is 6.07 Å². The van der Waals surface area contributed by atoms with Crippen LogP contribution in [0.5, 0.6) is 0 Å². The smallest absolute Gasteiger partial charge is 0.251 e. The van der Waals surface area contributed by atoms with Crippen LogP contribution in [-0.2, 0) is 10.0 Å². The number of carbonyl (C=O) groups excluding carboxylic acids is 1. The molecule has 110 valence electrons. The van der Waals surface area contributed by atoms with Gasteiger partial charge in [-0.3, -0.25) is 4.79 Å². The Labute approximate surface area is 132 Å². The number of benzene rings is 1. The Balaban J connectivity index is 1.91. The number of piperidine rings is 1. The normalized spacial score (nSPS) is 17.9. The highest BCUT2D eigenvalue weighted by molar-refractivity contribution is 14.1. The molecule has 0 unspecified atom stereocenters. The van der Waals surface area contributed by atoms with Crippen LogP contribution >= 0.6 is 22.6 Å². The van der Waals surface area contributed by atoms with Crippen molar-refractivity contribution in [2.75, 3.05) is 19.3 Å². The maximum Gasteiger partial charge on any atom is 0.251 e. The van der Waals surface area contributed by atoms with Crippen molar-refractivity contribution in [3.63, 3.8) is 0 Å². The second-order valence-electron chi connectivity index (χ2n) is 4.92. The van der Waals surface area contributed by atoms with Crippen LogP contribution in [0.15, 0.2) is 24.3 Å². The Kier molecular flexibility index (Phi) is 5.03. The number of amides is 1. The van der Waals surface area contributed by atoms with Gasteiger partial charge in [-0.1, -0.05) is 6.07 Å². The summed E-state index contributed by atoms with van der Waals surface area (Å²) >= 11 is 2.17. The fourth-order valence-corrected chi connectivity index (χ4v) is 3.65. The number of rotatable bonds is 3. The minimum absolute atomic E-state index is 0.0402. The number of carbonyl (C=O) groups is 1. The first-order chi connectivity index (χ1) is 9.36. The predicted octanol–water partition coefficient (Wildman–Crippen LogP) is 1.45. The van der Waals surface area contributed by atoms with E-state index >= 15 is 0 Å². The Morgan fingerprint density at radius 1 is 1.35 bits per heavy atom. The minimum Gasteiger partial charge on any atom is -0.349 e. The fraction of sp³-hybridized carbons (Fsp3) is 0.462. The molecular formula is C13H17IN2O3S. The highest BCUT2D eigenvalue weighted by Crippen LogP contribution is 2.14. The lowest BCUT2D eigenvalue weighted by Crippen LogP contribution is -2.46. The van der Waals surface area contributed by atoms with E-state index in [2.05, 4.69) is 27.9 Å². The van der Waals surface area contributed by atoms with Crippen LogP contribution in [0.4, 0.5) is 0 Å². The van der Waals surface area contributed by atoms with Gasteiger partial charge >= 0.3 is 0 Å². The van der Waals surface area contributed by atoms with Crippen molar-refractivity contribution < 1.29 is 13.2 Å². The summed E-state index contributed by atoms with van der Waals surface area (Å²) in [6, 6.07) is 7.44. The van der Waals surface area contributed by atoms with Gasteiger partial charge in [0.25, 0.3) is 5.91 Å². The van der Waals surface area contributed by atoms with Crippen molar-refractivity contribution in [2.45, 2.75) is 18.9 Å². The molecule has 0 aromatic heterocycles. The summed E-state index contributed by atoms with van der Waals surface area (Å²) in [6.07, 6.45) is 2.53. The third-order valence-electron chi connectivity index (χ3n) is 3.34. The quantitative estimate of drug-likeness (QED) is 0.770. The molecule has 7 heteroatoms.